The number of halogens is 1. The normalized spacial score (nSPS) is 12.9. The van der Waals surface area contributed by atoms with Gasteiger partial charge in [-0.15, -0.1) is 0 Å². The van der Waals surface area contributed by atoms with E-state index < -0.39 is 0 Å². The highest BCUT2D eigenvalue weighted by molar-refractivity contribution is 6.16. The predicted molar refractivity (Wildman–Crippen MR) is 134 cm³/mol. The average Bonchev–Trinajstić information content (AvgIpc) is 2.78. The van der Waals surface area contributed by atoms with Crippen LogP contribution in [0.4, 0.5) is 4.39 Å². The molecule has 1 aliphatic rings. The highest BCUT2D eigenvalue weighted by Crippen LogP contribution is 2.52. The van der Waals surface area contributed by atoms with Gasteiger partial charge in [0.05, 0.1) is 10.9 Å². The van der Waals surface area contributed by atoms with Gasteiger partial charge in [-0.3, -0.25) is 0 Å². The molecule has 2 nitrogen and oxygen atoms in total. The van der Waals surface area contributed by atoms with Crippen LogP contribution in [-0.2, 0) is 13.5 Å². The van der Waals surface area contributed by atoms with Crippen LogP contribution in [0.3, 0.4) is 0 Å². The maximum absolute atomic E-state index is 14.8. The van der Waals surface area contributed by atoms with Crippen molar-refractivity contribution in [3.63, 3.8) is 0 Å². The van der Waals surface area contributed by atoms with E-state index >= 15 is 0 Å². The van der Waals surface area contributed by atoms with Crippen LogP contribution < -0.4 is 9.30 Å². The number of benzene rings is 4. The zero-order chi connectivity index (χ0) is 23.1. The zero-order valence-corrected chi connectivity index (χ0v) is 19.7. The summed E-state index contributed by atoms with van der Waals surface area (Å²) < 4.78 is 23.8. The lowest BCUT2D eigenvalue weighted by atomic mass is 9.81. The molecule has 4 aromatic carbocycles. The molecule has 0 spiro atoms. The van der Waals surface area contributed by atoms with Crippen LogP contribution in [0.2, 0.25) is 0 Å². The van der Waals surface area contributed by atoms with Gasteiger partial charge in [-0.1, -0.05) is 57.2 Å². The Bertz CT molecular complexity index is 1630. The molecule has 0 aliphatic carbocycles. The molecule has 0 unspecified atom stereocenters. The molecule has 1 aromatic heterocycles. The van der Waals surface area contributed by atoms with E-state index in [1.54, 1.807) is 6.07 Å². The Morgan fingerprint density at radius 3 is 2.36 bits per heavy atom. The maximum atomic E-state index is 14.8. The molecule has 0 saturated carbocycles. The fraction of sp³-hybridized carbons (Fsp3) is 0.233. The fourth-order valence-electron chi connectivity index (χ4n) is 5.49. The molecule has 3 heteroatoms. The van der Waals surface area contributed by atoms with E-state index in [1.165, 1.54) is 28.0 Å². The van der Waals surface area contributed by atoms with E-state index in [0.717, 1.165) is 45.3 Å². The first kappa shape index (κ1) is 20.2. The Morgan fingerprint density at radius 1 is 0.879 bits per heavy atom. The lowest BCUT2D eigenvalue weighted by Gasteiger charge is -2.28. The van der Waals surface area contributed by atoms with Gasteiger partial charge in [0.15, 0.2) is 6.20 Å². The number of aryl methyl sites for hydroxylation is 2. The van der Waals surface area contributed by atoms with Crippen molar-refractivity contribution in [2.75, 3.05) is 0 Å². The van der Waals surface area contributed by atoms with E-state index in [1.807, 2.05) is 12.1 Å². The summed E-state index contributed by atoms with van der Waals surface area (Å²) in [7, 11) is 2.08. The van der Waals surface area contributed by atoms with E-state index in [0.29, 0.717) is 5.39 Å². The molecular formula is C30H27FNO+. The first-order chi connectivity index (χ1) is 15.7. The quantitative estimate of drug-likeness (QED) is 0.189. The molecule has 0 saturated heterocycles. The molecule has 0 fully saturated rings. The number of aromatic nitrogens is 1. The van der Waals surface area contributed by atoms with Crippen molar-refractivity contribution in [2.45, 2.75) is 34.1 Å². The molecule has 0 bridgehead atoms. The Hall–Kier alpha value is -3.46. The van der Waals surface area contributed by atoms with Crippen molar-refractivity contribution < 1.29 is 13.7 Å². The summed E-state index contributed by atoms with van der Waals surface area (Å²) in [4.78, 5) is 0. The summed E-state index contributed by atoms with van der Waals surface area (Å²) in [5, 5.41) is 6.06. The van der Waals surface area contributed by atoms with Crippen molar-refractivity contribution in [1.82, 2.24) is 0 Å². The number of hydrogen-bond donors (Lipinski definition) is 0. The molecule has 5 aromatic rings. The summed E-state index contributed by atoms with van der Waals surface area (Å²) in [6.07, 6.45) is 2.96. The SMILES string of the molecule is Cc1c2c(c(CC(C)(C)C)c3ccccc13)Oc1cc3c(F)cccc3c3cc[n+](C)c-2c13. The molecule has 2 heterocycles. The van der Waals surface area contributed by atoms with Crippen LogP contribution in [-0.4, -0.2) is 0 Å². The lowest BCUT2D eigenvalue weighted by Crippen LogP contribution is -2.32. The highest BCUT2D eigenvalue weighted by Gasteiger charge is 2.34. The summed E-state index contributed by atoms with van der Waals surface area (Å²) in [6.45, 7) is 8.97. The van der Waals surface area contributed by atoms with Crippen LogP contribution in [0.5, 0.6) is 11.5 Å². The molecule has 164 valence electrons. The highest BCUT2D eigenvalue weighted by atomic mass is 19.1. The van der Waals surface area contributed by atoms with E-state index in [4.69, 9.17) is 4.74 Å². The minimum absolute atomic E-state index is 0.0825. The van der Waals surface area contributed by atoms with E-state index in [9.17, 15) is 4.39 Å². The van der Waals surface area contributed by atoms with Gasteiger partial charge in [-0.25, -0.2) is 8.96 Å². The summed E-state index contributed by atoms with van der Waals surface area (Å²) in [6, 6.07) is 17.9. The molecule has 0 N–H and O–H groups in total. The van der Waals surface area contributed by atoms with Crippen molar-refractivity contribution in [3.8, 4) is 22.8 Å². The topological polar surface area (TPSA) is 13.1 Å². The van der Waals surface area contributed by atoms with Gasteiger partial charge in [0.25, 0.3) is 0 Å². The molecule has 0 radical (unpaired) electrons. The summed E-state index contributed by atoms with van der Waals surface area (Å²) in [5.41, 5.74) is 4.79. The van der Waals surface area contributed by atoms with E-state index in [-0.39, 0.29) is 11.2 Å². The molecular weight excluding hydrogens is 409 g/mol. The molecule has 33 heavy (non-hydrogen) atoms. The number of rotatable bonds is 1. The smallest absolute Gasteiger partial charge is 0.228 e. The van der Waals surface area contributed by atoms with Crippen LogP contribution in [0, 0.1) is 18.2 Å². The standard InChI is InChI=1S/C30H27FNO/c1-17-18-9-6-7-10-19(18)23(16-30(2,3)4)29-26(17)28-27-21(13-14-32(28)5)20-11-8-12-24(31)22(20)15-25(27)33-29/h6-15H,16H2,1-5H3/q+1. The van der Waals surface area contributed by atoms with Crippen molar-refractivity contribution in [2.24, 2.45) is 12.5 Å². The van der Waals surface area contributed by atoms with Crippen molar-refractivity contribution in [3.05, 3.63) is 77.7 Å². The van der Waals surface area contributed by atoms with Gasteiger partial charge in [0, 0.05) is 22.4 Å². The third-order valence-corrected chi connectivity index (χ3v) is 6.88. The van der Waals surface area contributed by atoms with Gasteiger partial charge < -0.3 is 4.74 Å². The van der Waals surface area contributed by atoms with Crippen LogP contribution >= 0.6 is 0 Å². The third-order valence-electron chi connectivity index (χ3n) is 6.88. The van der Waals surface area contributed by atoms with Gasteiger partial charge in [0.2, 0.25) is 5.69 Å². The second-order valence-corrected chi connectivity index (χ2v) is 10.5. The Labute approximate surface area is 193 Å². The van der Waals surface area contributed by atoms with Gasteiger partial charge in [-0.2, -0.15) is 0 Å². The predicted octanol–water partition coefficient (Wildman–Crippen LogP) is 7.78. The van der Waals surface area contributed by atoms with Crippen LogP contribution in [0.15, 0.2) is 60.8 Å². The van der Waals surface area contributed by atoms with Crippen LogP contribution in [0.1, 0.15) is 31.9 Å². The average molecular weight is 437 g/mol. The second kappa shape index (κ2) is 6.77. The molecule has 1 aliphatic heterocycles. The largest absolute Gasteiger partial charge is 0.455 e. The third kappa shape index (κ3) is 2.88. The van der Waals surface area contributed by atoms with Crippen molar-refractivity contribution in [1.29, 1.82) is 0 Å². The zero-order valence-electron chi connectivity index (χ0n) is 19.7. The van der Waals surface area contributed by atoms with Gasteiger partial charge >= 0.3 is 0 Å². The fourth-order valence-corrected chi connectivity index (χ4v) is 5.49. The number of fused-ring (bicyclic) bond motifs is 5. The summed E-state index contributed by atoms with van der Waals surface area (Å²) in [5.74, 6) is 1.41. The first-order valence-electron chi connectivity index (χ1n) is 11.5. The van der Waals surface area contributed by atoms with Gasteiger partial charge in [-0.05, 0) is 52.6 Å². The monoisotopic (exact) mass is 436 g/mol. The van der Waals surface area contributed by atoms with Crippen LogP contribution in [0.25, 0.3) is 43.6 Å². The van der Waals surface area contributed by atoms with Crippen molar-refractivity contribution >= 4 is 32.3 Å². The molecule has 0 atom stereocenters. The van der Waals surface area contributed by atoms with E-state index in [2.05, 4.69) is 75.8 Å². The maximum Gasteiger partial charge on any atom is 0.228 e. The number of ether oxygens (including phenoxy) is 1. The number of nitrogens with zero attached hydrogens (tertiary/aromatic N) is 1. The molecule has 6 rings (SSSR count). The summed E-state index contributed by atoms with van der Waals surface area (Å²) >= 11 is 0. The molecule has 0 amide bonds. The minimum atomic E-state index is -0.223. The Balaban J connectivity index is 1.83. The lowest BCUT2D eigenvalue weighted by molar-refractivity contribution is -0.659. The number of hydrogen-bond acceptors (Lipinski definition) is 1. The minimum Gasteiger partial charge on any atom is -0.455 e. The Morgan fingerprint density at radius 2 is 1.61 bits per heavy atom. The van der Waals surface area contributed by atoms with Gasteiger partial charge in [0.1, 0.15) is 24.4 Å². The Kier molecular flexibility index (Phi) is 4.14. The first-order valence-corrected chi connectivity index (χ1v) is 11.5. The second-order valence-electron chi connectivity index (χ2n) is 10.5. The number of pyridine rings is 1.